The third kappa shape index (κ3) is 4.11. The van der Waals surface area contributed by atoms with Gasteiger partial charge in [-0.1, -0.05) is 13.8 Å². The SMILES string of the molecule is CCN(CC)CCOc1cc2c(cc1OC)CCC2=O.Cl. The van der Waals surface area contributed by atoms with Gasteiger partial charge < -0.3 is 14.4 Å². The number of hydrogen-bond donors (Lipinski definition) is 0. The van der Waals surface area contributed by atoms with Gasteiger partial charge in [0.25, 0.3) is 0 Å². The smallest absolute Gasteiger partial charge is 0.163 e. The van der Waals surface area contributed by atoms with Gasteiger partial charge in [-0.3, -0.25) is 4.79 Å². The summed E-state index contributed by atoms with van der Waals surface area (Å²) in [5, 5.41) is 0. The average Bonchev–Trinajstić information content (AvgIpc) is 2.83. The minimum atomic E-state index is 0. The number of benzene rings is 1. The molecule has 4 nitrogen and oxygen atoms in total. The number of hydrogen-bond acceptors (Lipinski definition) is 4. The van der Waals surface area contributed by atoms with Crippen molar-refractivity contribution in [3.05, 3.63) is 23.3 Å². The molecule has 0 atom stereocenters. The highest BCUT2D eigenvalue weighted by Gasteiger charge is 2.22. The highest BCUT2D eigenvalue weighted by Crippen LogP contribution is 2.34. The quantitative estimate of drug-likeness (QED) is 0.776. The van der Waals surface area contributed by atoms with Crippen LogP contribution >= 0.6 is 12.4 Å². The molecule has 0 N–H and O–H groups in total. The third-order valence-electron chi connectivity index (χ3n) is 3.87. The van der Waals surface area contributed by atoms with Crippen LogP contribution in [-0.2, 0) is 6.42 Å². The van der Waals surface area contributed by atoms with Crippen molar-refractivity contribution >= 4 is 18.2 Å². The third-order valence-corrected chi connectivity index (χ3v) is 3.87. The summed E-state index contributed by atoms with van der Waals surface area (Å²) < 4.78 is 11.2. The van der Waals surface area contributed by atoms with Crippen LogP contribution in [-0.4, -0.2) is 44.0 Å². The van der Waals surface area contributed by atoms with E-state index in [-0.39, 0.29) is 18.2 Å². The van der Waals surface area contributed by atoms with Gasteiger partial charge >= 0.3 is 0 Å². The van der Waals surface area contributed by atoms with Crippen LogP contribution in [0.25, 0.3) is 0 Å². The molecule has 0 heterocycles. The van der Waals surface area contributed by atoms with Crippen molar-refractivity contribution in [3.8, 4) is 11.5 Å². The number of carbonyl (C=O) groups excluding carboxylic acids is 1. The maximum absolute atomic E-state index is 11.8. The molecule has 118 valence electrons. The van der Waals surface area contributed by atoms with Gasteiger partial charge in [0.1, 0.15) is 6.61 Å². The first-order chi connectivity index (χ1) is 9.69. The van der Waals surface area contributed by atoms with Gasteiger partial charge in [0.15, 0.2) is 17.3 Å². The average molecular weight is 314 g/mol. The van der Waals surface area contributed by atoms with Crippen LogP contribution < -0.4 is 9.47 Å². The highest BCUT2D eigenvalue weighted by atomic mass is 35.5. The van der Waals surface area contributed by atoms with Gasteiger partial charge in [0.05, 0.1) is 7.11 Å². The summed E-state index contributed by atoms with van der Waals surface area (Å²) in [4.78, 5) is 14.1. The molecule has 21 heavy (non-hydrogen) atoms. The Kier molecular flexibility index (Phi) is 6.99. The fourth-order valence-electron chi connectivity index (χ4n) is 2.55. The molecular formula is C16H24ClNO3. The minimum absolute atomic E-state index is 0. The molecule has 1 aliphatic rings. The molecular weight excluding hydrogens is 290 g/mol. The number of halogens is 1. The van der Waals surface area contributed by atoms with Crippen LogP contribution in [0, 0.1) is 0 Å². The minimum Gasteiger partial charge on any atom is -0.493 e. The van der Waals surface area contributed by atoms with Crippen LogP contribution in [0.2, 0.25) is 0 Å². The number of aryl methyl sites for hydroxylation is 1. The maximum Gasteiger partial charge on any atom is 0.163 e. The van der Waals surface area contributed by atoms with Crippen LogP contribution in [0.15, 0.2) is 12.1 Å². The topological polar surface area (TPSA) is 38.8 Å². The highest BCUT2D eigenvalue weighted by molar-refractivity contribution is 6.01. The first-order valence-corrected chi connectivity index (χ1v) is 7.28. The Labute approximate surface area is 132 Å². The van der Waals surface area contributed by atoms with Crippen molar-refractivity contribution in [1.29, 1.82) is 0 Å². The van der Waals surface area contributed by atoms with Crippen LogP contribution in [0.3, 0.4) is 0 Å². The molecule has 1 aromatic carbocycles. The number of fused-ring (bicyclic) bond motifs is 1. The first kappa shape index (κ1) is 17.8. The summed E-state index contributed by atoms with van der Waals surface area (Å²) >= 11 is 0. The summed E-state index contributed by atoms with van der Waals surface area (Å²) in [6.45, 7) is 7.78. The lowest BCUT2D eigenvalue weighted by molar-refractivity contribution is 0.0994. The van der Waals surface area contributed by atoms with Gasteiger partial charge in [-0.2, -0.15) is 0 Å². The van der Waals surface area contributed by atoms with E-state index in [0.717, 1.165) is 42.9 Å². The summed E-state index contributed by atoms with van der Waals surface area (Å²) in [6, 6.07) is 3.78. The number of ether oxygens (including phenoxy) is 2. The monoisotopic (exact) mass is 313 g/mol. The number of rotatable bonds is 7. The molecule has 0 aromatic heterocycles. The lowest BCUT2D eigenvalue weighted by atomic mass is 10.1. The molecule has 0 saturated heterocycles. The Morgan fingerprint density at radius 3 is 2.48 bits per heavy atom. The van der Waals surface area contributed by atoms with Crippen molar-refractivity contribution in [2.75, 3.05) is 33.4 Å². The van der Waals surface area contributed by atoms with E-state index >= 15 is 0 Å². The molecule has 0 saturated carbocycles. The Balaban J connectivity index is 0.00000220. The van der Waals surface area contributed by atoms with E-state index in [0.29, 0.717) is 18.8 Å². The van der Waals surface area contributed by atoms with E-state index in [1.54, 1.807) is 7.11 Å². The summed E-state index contributed by atoms with van der Waals surface area (Å²) in [7, 11) is 1.63. The van der Waals surface area contributed by atoms with Gasteiger partial charge in [-0.05, 0) is 37.2 Å². The lowest BCUT2D eigenvalue weighted by Crippen LogP contribution is -2.28. The van der Waals surface area contributed by atoms with Crippen molar-refractivity contribution in [1.82, 2.24) is 4.90 Å². The fourth-order valence-corrected chi connectivity index (χ4v) is 2.55. The van der Waals surface area contributed by atoms with Crippen molar-refractivity contribution < 1.29 is 14.3 Å². The Morgan fingerprint density at radius 2 is 1.86 bits per heavy atom. The number of carbonyl (C=O) groups is 1. The van der Waals surface area contributed by atoms with Gasteiger partial charge in [0, 0.05) is 18.5 Å². The number of Topliss-reactive ketones (excluding diaryl/α,β-unsaturated/α-hetero) is 1. The number of methoxy groups -OCH3 is 1. The molecule has 0 bridgehead atoms. The van der Waals surface area contributed by atoms with Crippen molar-refractivity contribution in [2.24, 2.45) is 0 Å². The van der Waals surface area contributed by atoms with E-state index < -0.39 is 0 Å². The predicted molar refractivity (Wildman–Crippen MR) is 86.2 cm³/mol. The summed E-state index contributed by atoms with van der Waals surface area (Å²) in [5.74, 6) is 1.60. The summed E-state index contributed by atoms with van der Waals surface area (Å²) in [5.41, 5.74) is 1.87. The van der Waals surface area contributed by atoms with Crippen molar-refractivity contribution in [3.63, 3.8) is 0 Å². The Bertz CT molecular complexity index is 487. The van der Waals surface area contributed by atoms with Gasteiger partial charge in [-0.15, -0.1) is 12.4 Å². The fraction of sp³-hybridized carbons (Fsp3) is 0.562. The number of likely N-dealkylation sites (N-methyl/N-ethyl adjacent to an activating group) is 1. The normalized spacial score (nSPS) is 13.0. The zero-order valence-corrected chi connectivity index (χ0v) is 13.8. The van der Waals surface area contributed by atoms with Crippen LogP contribution in [0.4, 0.5) is 0 Å². The summed E-state index contributed by atoms with van der Waals surface area (Å²) in [6.07, 6.45) is 1.41. The van der Waals surface area contributed by atoms with Crippen LogP contribution in [0.5, 0.6) is 11.5 Å². The van der Waals surface area contributed by atoms with Crippen LogP contribution in [0.1, 0.15) is 36.2 Å². The zero-order valence-electron chi connectivity index (χ0n) is 13.0. The van der Waals surface area contributed by atoms with Gasteiger partial charge in [-0.25, -0.2) is 0 Å². The molecule has 1 aliphatic carbocycles. The van der Waals surface area contributed by atoms with E-state index in [1.807, 2.05) is 12.1 Å². The molecule has 0 fully saturated rings. The molecule has 2 rings (SSSR count). The lowest BCUT2D eigenvalue weighted by Gasteiger charge is -2.19. The Hall–Kier alpha value is -1.26. The first-order valence-electron chi connectivity index (χ1n) is 7.28. The molecule has 1 aromatic rings. The molecule has 0 spiro atoms. The number of ketones is 1. The molecule has 0 amide bonds. The Morgan fingerprint density at radius 1 is 1.14 bits per heavy atom. The maximum atomic E-state index is 11.8. The predicted octanol–water partition coefficient (Wildman–Crippen LogP) is 2.97. The van der Waals surface area contributed by atoms with Gasteiger partial charge in [0.2, 0.25) is 0 Å². The molecule has 0 unspecified atom stereocenters. The zero-order chi connectivity index (χ0) is 14.5. The number of nitrogens with zero attached hydrogens (tertiary/aromatic N) is 1. The largest absolute Gasteiger partial charge is 0.493 e. The second kappa shape index (κ2) is 8.25. The van der Waals surface area contributed by atoms with E-state index in [9.17, 15) is 4.79 Å². The second-order valence-corrected chi connectivity index (χ2v) is 4.96. The molecule has 0 aliphatic heterocycles. The van der Waals surface area contributed by atoms with E-state index in [1.165, 1.54) is 0 Å². The molecule has 0 radical (unpaired) electrons. The van der Waals surface area contributed by atoms with E-state index in [2.05, 4.69) is 18.7 Å². The van der Waals surface area contributed by atoms with Crippen molar-refractivity contribution in [2.45, 2.75) is 26.7 Å². The second-order valence-electron chi connectivity index (χ2n) is 4.96. The molecule has 5 heteroatoms. The standard InChI is InChI=1S/C16H23NO3.ClH/c1-4-17(5-2)8-9-20-16-11-13-12(6-7-14(13)18)10-15(16)19-3;/h10-11H,4-9H2,1-3H3;1H. The van der Waals surface area contributed by atoms with E-state index in [4.69, 9.17) is 9.47 Å².